The third-order valence-corrected chi connectivity index (χ3v) is 5.37. The van der Waals surface area contributed by atoms with Gasteiger partial charge in [0.25, 0.3) is 0 Å². The van der Waals surface area contributed by atoms with Crippen LogP contribution in [0.2, 0.25) is 5.02 Å². The minimum absolute atomic E-state index is 0.284. The topological polar surface area (TPSA) is 72.7 Å². The zero-order valence-electron chi connectivity index (χ0n) is 16.1. The van der Waals surface area contributed by atoms with Gasteiger partial charge in [-0.15, -0.1) is 0 Å². The summed E-state index contributed by atoms with van der Waals surface area (Å²) in [4.78, 5) is 24.0. The number of hydrogen-bond donors (Lipinski definition) is 1. The lowest BCUT2D eigenvalue weighted by atomic mass is 10.1. The van der Waals surface area contributed by atoms with Crippen molar-refractivity contribution in [2.75, 3.05) is 5.32 Å². The average Bonchev–Trinajstić information content (AvgIpc) is 3.18. The first-order valence-corrected chi connectivity index (χ1v) is 9.85. The number of amides is 1. The molecular formula is C23H15ClFN5O. The first-order chi connectivity index (χ1) is 15.1. The molecule has 0 saturated heterocycles. The summed E-state index contributed by atoms with van der Waals surface area (Å²) < 4.78 is 16.5. The summed E-state index contributed by atoms with van der Waals surface area (Å²) in [5.74, 6) is -0.325. The predicted octanol–water partition coefficient (Wildman–Crippen LogP) is 5.06. The molecule has 0 radical (unpaired) electrons. The summed E-state index contributed by atoms with van der Waals surface area (Å²) in [6.45, 7) is 0.284. The van der Waals surface area contributed by atoms with Gasteiger partial charge in [-0.25, -0.2) is 14.4 Å². The van der Waals surface area contributed by atoms with Crippen LogP contribution in [0.3, 0.4) is 0 Å². The molecule has 2 aromatic carbocycles. The Hall–Kier alpha value is -3.84. The molecule has 1 amide bonds. The summed E-state index contributed by atoms with van der Waals surface area (Å²) in [5, 5.41) is 3.83. The molecule has 6 nitrogen and oxygen atoms in total. The van der Waals surface area contributed by atoms with E-state index in [1.54, 1.807) is 30.7 Å². The summed E-state index contributed by atoms with van der Waals surface area (Å²) >= 11 is 6.25. The SMILES string of the molecule is O=CNc1ccc(-c2ccc3ncn(Cc4cc5cccnc5cc4F)c3n2)cc1Cl. The van der Waals surface area contributed by atoms with Gasteiger partial charge >= 0.3 is 0 Å². The van der Waals surface area contributed by atoms with Crippen LogP contribution in [0.25, 0.3) is 33.3 Å². The van der Waals surface area contributed by atoms with Crippen molar-refractivity contribution in [1.29, 1.82) is 0 Å². The number of hydrogen-bond acceptors (Lipinski definition) is 4. The van der Waals surface area contributed by atoms with E-state index < -0.39 is 0 Å². The standard InChI is InChI=1S/C23H15ClFN5O/c24-17-9-15(3-4-20(17)28-13-31)19-5-6-21-23(29-19)30(12-27-21)11-16-8-14-2-1-7-26-22(14)10-18(16)25/h1-10,12-13H,11H2,(H,28,31). The summed E-state index contributed by atoms with van der Waals surface area (Å²) in [5.41, 5.74) is 4.48. The molecule has 5 rings (SSSR count). The number of nitrogens with one attached hydrogen (secondary N) is 1. The van der Waals surface area contributed by atoms with E-state index in [1.807, 2.05) is 34.9 Å². The van der Waals surface area contributed by atoms with Crippen LogP contribution >= 0.6 is 11.6 Å². The second-order valence-corrected chi connectivity index (χ2v) is 7.42. The van der Waals surface area contributed by atoms with Crippen LogP contribution in [-0.2, 0) is 11.3 Å². The summed E-state index contributed by atoms with van der Waals surface area (Å²) in [6.07, 6.45) is 3.87. The fourth-order valence-electron chi connectivity index (χ4n) is 3.52. The molecule has 0 saturated carbocycles. The van der Waals surface area contributed by atoms with Gasteiger partial charge in [0.05, 0.1) is 34.8 Å². The van der Waals surface area contributed by atoms with Gasteiger partial charge in [-0.05, 0) is 36.4 Å². The van der Waals surface area contributed by atoms with Crippen molar-refractivity contribution in [3.63, 3.8) is 0 Å². The molecule has 152 valence electrons. The van der Waals surface area contributed by atoms with Gasteiger partial charge in [0.1, 0.15) is 11.3 Å². The Kier molecular flexibility index (Phi) is 4.80. The van der Waals surface area contributed by atoms with E-state index in [1.165, 1.54) is 6.07 Å². The first kappa shape index (κ1) is 19.1. The molecule has 0 aliphatic rings. The van der Waals surface area contributed by atoms with Crippen LogP contribution in [0.4, 0.5) is 10.1 Å². The minimum atomic E-state index is -0.325. The highest BCUT2D eigenvalue weighted by molar-refractivity contribution is 6.33. The molecule has 5 aromatic rings. The van der Waals surface area contributed by atoms with Gasteiger partial charge < -0.3 is 9.88 Å². The van der Waals surface area contributed by atoms with Gasteiger partial charge in [0.2, 0.25) is 6.41 Å². The number of halogens is 2. The summed E-state index contributed by atoms with van der Waals surface area (Å²) in [6, 6.07) is 16.0. The lowest BCUT2D eigenvalue weighted by Gasteiger charge is -2.09. The number of aromatic nitrogens is 4. The van der Waals surface area contributed by atoms with Crippen LogP contribution < -0.4 is 5.32 Å². The molecular weight excluding hydrogens is 417 g/mol. The number of imidazole rings is 1. The Morgan fingerprint density at radius 3 is 2.81 bits per heavy atom. The highest BCUT2D eigenvalue weighted by Gasteiger charge is 2.12. The summed E-state index contributed by atoms with van der Waals surface area (Å²) in [7, 11) is 0. The first-order valence-electron chi connectivity index (χ1n) is 9.47. The maximum Gasteiger partial charge on any atom is 0.211 e. The highest BCUT2D eigenvalue weighted by Crippen LogP contribution is 2.29. The maximum absolute atomic E-state index is 14.7. The Bertz CT molecular complexity index is 1450. The molecule has 0 atom stereocenters. The maximum atomic E-state index is 14.7. The van der Waals surface area contributed by atoms with Crippen molar-refractivity contribution in [1.82, 2.24) is 19.5 Å². The highest BCUT2D eigenvalue weighted by atomic mass is 35.5. The Morgan fingerprint density at radius 1 is 1.06 bits per heavy atom. The average molecular weight is 432 g/mol. The monoisotopic (exact) mass is 431 g/mol. The Labute approximate surface area is 181 Å². The number of carbonyl (C=O) groups is 1. The second kappa shape index (κ2) is 7.77. The van der Waals surface area contributed by atoms with Gasteiger partial charge in [-0.2, -0.15) is 0 Å². The van der Waals surface area contributed by atoms with E-state index in [-0.39, 0.29) is 12.4 Å². The van der Waals surface area contributed by atoms with Crippen LogP contribution in [0, 0.1) is 5.82 Å². The number of fused-ring (bicyclic) bond motifs is 2. The zero-order chi connectivity index (χ0) is 21.4. The zero-order valence-corrected chi connectivity index (χ0v) is 16.8. The van der Waals surface area contributed by atoms with Gasteiger partial charge in [-0.1, -0.05) is 23.7 Å². The van der Waals surface area contributed by atoms with E-state index in [2.05, 4.69) is 15.3 Å². The third kappa shape index (κ3) is 3.60. The van der Waals surface area contributed by atoms with Gasteiger partial charge in [0, 0.05) is 28.8 Å². The number of rotatable bonds is 5. The van der Waals surface area contributed by atoms with Crippen molar-refractivity contribution in [2.24, 2.45) is 0 Å². The molecule has 31 heavy (non-hydrogen) atoms. The molecule has 0 unspecified atom stereocenters. The van der Waals surface area contributed by atoms with Crippen molar-refractivity contribution in [2.45, 2.75) is 6.54 Å². The Balaban J connectivity index is 1.53. The smallest absolute Gasteiger partial charge is 0.211 e. The van der Waals surface area contributed by atoms with E-state index in [9.17, 15) is 9.18 Å². The van der Waals surface area contributed by atoms with E-state index >= 15 is 0 Å². The predicted molar refractivity (Wildman–Crippen MR) is 118 cm³/mol. The van der Waals surface area contributed by atoms with Crippen molar-refractivity contribution in [3.05, 3.63) is 83.5 Å². The number of anilines is 1. The molecule has 3 aromatic heterocycles. The fourth-order valence-corrected chi connectivity index (χ4v) is 3.75. The molecule has 0 spiro atoms. The second-order valence-electron chi connectivity index (χ2n) is 7.01. The van der Waals surface area contributed by atoms with Gasteiger partial charge in [-0.3, -0.25) is 9.78 Å². The third-order valence-electron chi connectivity index (χ3n) is 5.05. The van der Waals surface area contributed by atoms with Crippen molar-refractivity contribution >= 4 is 45.8 Å². The van der Waals surface area contributed by atoms with Crippen LogP contribution in [0.1, 0.15) is 5.56 Å². The van der Waals surface area contributed by atoms with Crippen molar-refractivity contribution < 1.29 is 9.18 Å². The lowest BCUT2D eigenvalue weighted by molar-refractivity contribution is -0.105. The van der Waals surface area contributed by atoms with Gasteiger partial charge in [0.15, 0.2) is 5.65 Å². The largest absolute Gasteiger partial charge is 0.327 e. The molecule has 0 bridgehead atoms. The number of nitrogens with zero attached hydrogens (tertiary/aromatic N) is 4. The molecule has 1 N–H and O–H groups in total. The van der Waals surface area contributed by atoms with Crippen molar-refractivity contribution in [3.8, 4) is 11.3 Å². The normalized spacial score (nSPS) is 11.2. The molecule has 8 heteroatoms. The quantitative estimate of drug-likeness (QED) is 0.395. The number of benzene rings is 2. The number of carbonyl (C=O) groups excluding carboxylic acids is 1. The minimum Gasteiger partial charge on any atom is -0.327 e. The van der Waals surface area contributed by atoms with Crippen LogP contribution in [-0.4, -0.2) is 25.9 Å². The molecule has 0 aliphatic carbocycles. The van der Waals surface area contributed by atoms with E-state index in [0.717, 1.165) is 10.9 Å². The van der Waals surface area contributed by atoms with E-state index in [0.29, 0.717) is 45.1 Å². The lowest BCUT2D eigenvalue weighted by Crippen LogP contribution is -2.02. The molecule has 0 aliphatic heterocycles. The number of pyridine rings is 2. The van der Waals surface area contributed by atoms with Crippen LogP contribution in [0.15, 0.2) is 67.1 Å². The fraction of sp³-hybridized carbons (Fsp3) is 0.0435. The molecule has 0 fully saturated rings. The van der Waals surface area contributed by atoms with Crippen LogP contribution in [0.5, 0.6) is 0 Å². The molecule has 3 heterocycles. The Morgan fingerprint density at radius 2 is 1.97 bits per heavy atom. The van der Waals surface area contributed by atoms with E-state index in [4.69, 9.17) is 16.6 Å².